The molecule has 0 saturated heterocycles. The van der Waals surface area contributed by atoms with Crippen LogP contribution in [0.15, 0.2) is 100 Å². The summed E-state index contributed by atoms with van der Waals surface area (Å²) in [6.45, 7) is 2.50. The van der Waals surface area contributed by atoms with E-state index in [1.807, 2.05) is 37.3 Å². The van der Waals surface area contributed by atoms with E-state index in [9.17, 15) is 18.4 Å². The normalized spacial score (nSPS) is 14.4. The third-order valence-corrected chi connectivity index (χ3v) is 6.76. The minimum atomic E-state index is -0.945. The molecule has 6 nitrogen and oxygen atoms in total. The third kappa shape index (κ3) is 4.47. The van der Waals surface area contributed by atoms with Gasteiger partial charge in [-0.3, -0.25) is 14.5 Å². The lowest BCUT2D eigenvalue weighted by Crippen LogP contribution is -2.29. The van der Waals surface area contributed by atoms with Crippen molar-refractivity contribution in [2.45, 2.75) is 19.6 Å². The number of hydrogen-bond donors (Lipinski definition) is 0. The quantitative estimate of drug-likeness (QED) is 0.228. The molecular formula is C32H23F2NO5. The van der Waals surface area contributed by atoms with E-state index in [1.165, 1.54) is 35.2 Å². The average Bonchev–Trinajstić information content (AvgIpc) is 3.26. The Bertz CT molecular complexity index is 1780. The summed E-state index contributed by atoms with van der Waals surface area (Å²) < 4.78 is 45.7. The zero-order valence-electron chi connectivity index (χ0n) is 21.4. The van der Waals surface area contributed by atoms with Gasteiger partial charge in [0.05, 0.1) is 23.6 Å². The zero-order valence-corrected chi connectivity index (χ0v) is 21.4. The van der Waals surface area contributed by atoms with E-state index < -0.39 is 29.0 Å². The van der Waals surface area contributed by atoms with Gasteiger partial charge in [-0.2, -0.15) is 0 Å². The molecule has 0 bridgehead atoms. The molecule has 1 aromatic heterocycles. The Kier molecular flexibility index (Phi) is 6.51. The molecule has 40 heavy (non-hydrogen) atoms. The fraction of sp³-hybridized carbons (Fsp3) is 0.125. The third-order valence-electron chi connectivity index (χ3n) is 6.76. The van der Waals surface area contributed by atoms with Crippen molar-refractivity contribution in [2.24, 2.45) is 0 Å². The molecule has 8 heteroatoms. The second-order valence-corrected chi connectivity index (χ2v) is 9.28. The standard InChI is InChI=1S/C32H23F2NO5/c1-2-38-27-16-20(8-14-26(27)39-18-19-6-4-3-5-7-19)29-28-30(36)24-17-22(34)11-15-25(24)40-31(28)32(37)35(29)23-12-9-21(33)10-13-23/h3-17,29H,2,18H2,1H3. The highest BCUT2D eigenvalue weighted by Gasteiger charge is 2.44. The van der Waals surface area contributed by atoms with Crippen molar-refractivity contribution < 1.29 is 27.5 Å². The smallest absolute Gasteiger partial charge is 0.295 e. The van der Waals surface area contributed by atoms with E-state index in [2.05, 4.69) is 0 Å². The second kappa shape index (κ2) is 10.3. The monoisotopic (exact) mass is 539 g/mol. The first-order valence-electron chi connectivity index (χ1n) is 12.7. The van der Waals surface area contributed by atoms with Crippen molar-refractivity contribution in [3.8, 4) is 11.5 Å². The number of hydrogen-bond acceptors (Lipinski definition) is 5. The van der Waals surface area contributed by atoms with Crippen LogP contribution in [0.3, 0.4) is 0 Å². The second-order valence-electron chi connectivity index (χ2n) is 9.28. The Morgan fingerprint density at radius 1 is 0.825 bits per heavy atom. The molecule has 5 aromatic rings. The van der Waals surface area contributed by atoms with Crippen LogP contribution in [0, 0.1) is 11.6 Å². The predicted octanol–water partition coefficient (Wildman–Crippen LogP) is 6.80. The van der Waals surface area contributed by atoms with Gasteiger partial charge in [0.25, 0.3) is 5.91 Å². The van der Waals surface area contributed by atoms with Crippen molar-refractivity contribution in [1.29, 1.82) is 0 Å². The molecule has 1 aliphatic heterocycles. The number of carbonyl (C=O) groups excluding carboxylic acids is 1. The molecule has 200 valence electrons. The molecule has 4 aromatic carbocycles. The highest BCUT2D eigenvalue weighted by molar-refractivity contribution is 6.10. The summed E-state index contributed by atoms with van der Waals surface area (Å²) in [5.74, 6) is -0.891. The van der Waals surface area contributed by atoms with Crippen molar-refractivity contribution in [2.75, 3.05) is 11.5 Å². The van der Waals surface area contributed by atoms with Crippen molar-refractivity contribution in [3.05, 3.63) is 135 Å². The maximum absolute atomic E-state index is 14.1. The fourth-order valence-electron chi connectivity index (χ4n) is 4.95. The van der Waals surface area contributed by atoms with Gasteiger partial charge in [-0.05, 0) is 72.6 Å². The molecule has 1 aliphatic rings. The lowest BCUT2D eigenvalue weighted by Gasteiger charge is -2.26. The first kappa shape index (κ1) is 25.3. The van der Waals surface area contributed by atoms with Gasteiger partial charge >= 0.3 is 0 Å². The summed E-state index contributed by atoms with van der Waals surface area (Å²) in [6, 6.07) is 22.8. The Labute approximate surface area is 228 Å². The lowest BCUT2D eigenvalue weighted by molar-refractivity contribution is 0.0971. The van der Waals surface area contributed by atoms with Gasteiger partial charge in [0.1, 0.15) is 23.8 Å². The number of ether oxygens (including phenoxy) is 2. The lowest BCUT2D eigenvalue weighted by atomic mass is 9.97. The Balaban J connectivity index is 1.50. The van der Waals surface area contributed by atoms with Crippen LogP contribution in [0.4, 0.5) is 14.5 Å². The molecule has 0 aliphatic carbocycles. The van der Waals surface area contributed by atoms with E-state index in [0.717, 1.165) is 17.7 Å². The fourth-order valence-corrected chi connectivity index (χ4v) is 4.95. The zero-order chi connectivity index (χ0) is 27.8. The highest BCUT2D eigenvalue weighted by atomic mass is 19.1. The summed E-state index contributed by atoms with van der Waals surface area (Å²) in [4.78, 5) is 28.9. The van der Waals surface area contributed by atoms with Crippen LogP contribution in [0.2, 0.25) is 0 Å². The Morgan fingerprint density at radius 3 is 2.33 bits per heavy atom. The number of anilines is 1. The highest BCUT2D eigenvalue weighted by Crippen LogP contribution is 2.43. The molecule has 1 atom stereocenters. The molecule has 0 spiro atoms. The summed E-state index contributed by atoms with van der Waals surface area (Å²) in [7, 11) is 0. The molecule has 0 radical (unpaired) electrons. The van der Waals surface area contributed by atoms with Gasteiger partial charge in [-0.1, -0.05) is 36.4 Å². The van der Waals surface area contributed by atoms with Crippen LogP contribution in [-0.2, 0) is 6.61 Å². The molecular weight excluding hydrogens is 516 g/mol. The average molecular weight is 540 g/mol. The van der Waals surface area contributed by atoms with Crippen LogP contribution in [-0.4, -0.2) is 12.5 Å². The van der Waals surface area contributed by atoms with Crippen LogP contribution in [0.1, 0.15) is 40.2 Å². The van der Waals surface area contributed by atoms with Gasteiger partial charge in [0.15, 0.2) is 16.9 Å². The van der Waals surface area contributed by atoms with E-state index in [0.29, 0.717) is 36.0 Å². The number of amides is 1. The number of halogens is 2. The molecule has 2 heterocycles. The maximum atomic E-state index is 14.1. The van der Waals surface area contributed by atoms with E-state index >= 15 is 0 Å². The Morgan fingerprint density at radius 2 is 1.57 bits per heavy atom. The van der Waals surface area contributed by atoms with Gasteiger partial charge in [-0.15, -0.1) is 0 Å². The van der Waals surface area contributed by atoms with Crippen LogP contribution < -0.4 is 19.8 Å². The minimum Gasteiger partial charge on any atom is -0.490 e. The topological polar surface area (TPSA) is 69.0 Å². The maximum Gasteiger partial charge on any atom is 0.295 e. The number of rotatable bonds is 7. The molecule has 6 rings (SSSR count). The summed E-state index contributed by atoms with van der Waals surface area (Å²) >= 11 is 0. The van der Waals surface area contributed by atoms with E-state index in [-0.39, 0.29) is 22.3 Å². The summed E-state index contributed by atoms with van der Waals surface area (Å²) in [5.41, 5.74) is 1.50. The number of fused-ring (bicyclic) bond motifs is 2. The predicted molar refractivity (Wildman–Crippen MR) is 146 cm³/mol. The number of carbonyl (C=O) groups is 1. The van der Waals surface area contributed by atoms with Crippen LogP contribution >= 0.6 is 0 Å². The number of benzene rings is 4. The van der Waals surface area contributed by atoms with Crippen molar-refractivity contribution >= 4 is 22.6 Å². The molecule has 0 saturated carbocycles. The molecule has 1 amide bonds. The van der Waals surface area contributed by atoms with Crippen LogP contribution in [0.5, 0.6) is 11.5 Å². The Hall–Kier alpha value is -4.98. The first-order chi connectivity index (χ1) is 19.4. The van der Waals surface area contributed by atoms with Crippen molar-refractivity contribution in [3.63, 3.8) is 0 Å². The van der Waals surface area contributed by atoms with Gasteiger partial charge in [-0.25, -0.2) is 8.78 Å². The van der Waals surface area contributed by atoms with E-state index in [1.54, 1.807) is 18.2 Å². The molecule has 0 N–H and O–H groups in total. The van der Waals surface area contributed by atoms with Gasteiger partial charge in [0.2, 0.25) is 5.76 Å². The minimum absolute atomic E-state index is 0.0188. The van der Waals surface area contributed by atoms with Crippen LogP contribution in [0.25, 0.3) is 11.0 Å². The first-order valence-corrected chi connectivity index (χ1v) is 12.7. The summed E-state index contributed by atoms with van der Waals surface area (Å²) in [5, 5.41) is 0.0188. The molecule has 0 fully saturated rings. The SMILES string of the molecule is CCOc1cc(C2c3c(oc4ccc(F)cc4c3=O)C(=O)N2c2ccc(F)cc2)ccc1OCc1ccccc1. The summed E-state index contributed by atoms with van der Waals surface area (Å²) in [6.07, 6.45) is 0. The molecule has 1 unspecified atom stereocenters. The largest absolute Gasteiger partial charge is 0.490 e. The van der Waals surface area contributed by atoms with Crippen molar-refractivity contribution in [1.82, 2.24) is 0 Å². The van der Waals surface area contributed by atoms with E-state index in [4.69, 9.17) is 13.9 Å². The van der Waals surface area contributed by atoms with Gasteiger partial charge in [0, 0.05) is 5.69 Å². The number of nitrogens with zero attached hydrogens (tertiary/aromatic N) is 1. The van der Waals surface area contributed by atoms with Gasteiger partial charge < -0.3 is 13.9 Å².